The molecule has 1 aromatic carbocycles. The lowest BCUT2D eigenvalue weighted by Crippen LogP contribution is -2.39. The number of halogens is 2. The second-order valence-electron chi connectivity index (χ2n) is 4.60. The van der Waals surface area contributed by atoms with E-state index in [9.17, 15) is 4.39 Å². The minimum atomic E-state index is -0.223. The van der Waals surface area contributed by atoms with Crippen molar-refractivity contribution in [2.24, 2.45) is 4.99 Å². The summed E-state index contributed by atoms with van der Waals surface area (Å²) in [6.07, 6.45) is 2.43. The molecule has 1 heterocycles. The summed E-state index contributed by atoms with van der Waals surface area (Å²) in [5, 5.41) is 3.30. The van der Waals surface area contributed by atoms with E-state index in [1.807, 2.05) is 0 Å². The van der Waals surface area contributed by atoms with Crippen LogP contribution in [0.25, 0.3) is 0 Å². The average Bonchev–Trinajstić information content (AvgIpc) is 2.92. The molecule has 0 saturated carbocycles. The standard InChI is InChI=1S/C14H19BrFN3/c1-2-17-14(19-7-3-4-8-19)18-10-11-9-12(16)5-6-13(11)15/h5-6,9H,2-4,7-8,10H2,1H3,(H,17,18). The van der Waals surface area contributed by atoms with E-state index in [1.165, 1.54) is 25.0 Å². The van der Waals surface area contributed by atoms with Gasteiger partial charge in [0.05, 0.1) is 6.54 Å². The van der Waals surface area contributed by atoms with Crippen molar-refractivity contribution in [2.75, 3.05) is 19.6 Å². The van der Waals surface area contributed by atoms with E-state index in [-0.39, 0.29) is 5.82 Å². The lowest BCUT2D eigenvalue weighted by Gasteiger charge is -2.20. The van der Waals surface area contributed by atoms with Crippen LogP contribution in [-0.4, -0.2) is 30.5 Å². The third-order valence-electron chi connectivity index (χ3n) is 3.15. The molecular weight excluding hydrogens is 309 g/mol. The van der Waals surface area contributed by atoms with E-state index < -0.39 is 0 Å². The highest BCUT2D eigenvalue weighted by molar-refractivity contribution is 9.10. The Kier molecular flexibility index (Phi) is 5.19. The van der Waals surface area contributed by atoms with Crippen molar-refractivity contribution in [3.05, 3.63) is 34.1 Å². The molecule has 19 heavy (non-hydrogen) atoms. The highest BCUT2D eigenvalue weighted by atomic mass is 79.9. The number of likely N-dealkylation sites (tertiary alicyclic amines) is 1. The minimum absolute atomic E-state index is 0.223. The van der Waals surface area contributed by atoms with Crippen LogP contribution in [0.1, 0.15) is 25.3 Å². The van der Waals surface area contributed by atoms with Crippen LogP contribution in [0.4, 0.5) is 4.39 Å². The number of hydrogen-bond acceptors (Lipinski definition) is 1. The van der Waals surface area contributed by atoms with Gasteiger partial charge in [-0.1, -0.05) is 15.9 Å². The number of aliphatic imine (C=N–C) groups is 1. The molecule has 0 spiro atoms. The molecule has 1 aromatic rings. The summed E-state index contributed by atoms with van der Waals surface area (Å²) in [4.78, 5) is 6.86. The van der Waals surface area contributed by atoms with Crippen molar-refractivity contribution in [1.29, 1.82) is 0 Å². The summed E-state index contributed by atoms with van der Waals surface area (Å²) in [6.45, 7) is 5.49. The fourth-order valence-corrected chi connectivity index (χ4v) is 2.55. The molecule has 0 aliphatic carbocycles. The highest BCUT2D eigenvalue weighted by Crippen LogP contribution is 2.19. The first kappa shape index (κ1) is 14.3. The van der Waals surface area contributed by atoms with Crippen molar-refractivity contribution in [2.45, 2.75) is 26.3 Å². The molecular formula is C14H19BrFN3. The minimum Gasteiger partial charge on any atom is -0.357 e. The molecule has 1 N–H and O–H groups in total. The summed E-state index contributed by atoms with van der Waals surface area (Å²) >= 11 is 3.43. The van der Waals surface area contributed by atoms with Gasteiger partial charge in [0.25, 0.3) is 0 Å². The van der Waals surface area contributed by atoms with Crippen molar-refractivity contribution < 1.29 is 4.39 Å². The maximum atomic E-state index is 13.2. The van der Waals surface area contributed by atoms with Crippen LogP contribution < -0.4 is 5.32 Å². The lowest BCUT2D eigenvalue weighted by molar-refractivity contribution is 0.493. The van der Waals surface area contributed by atoms with Crippen LogP contribution in [0.3, 0.4) is 0 Å². The zero-order valence-electron chi connectivity index (χ0n) is 11.1. The van der Waals surface area contributed by atoms with Gasteiger partial charge >= 0.3 is 0 Å². The Hall–Kier alpha value is -1.10. The maximum Gasteiger partial charge on any atom is 0.194 e. The summed E-state index contributed by atoms with van der Waals surface area (Å²) in [5.41, 5.74) is 0.870. The molecule has 0 unspecified atom stereocenters. The summed E-state index contributed by atoms with van der Waals surface area (Å²) < 4.78 is 14.1. The predicted octanol–water partition coefficient (Wildman–Crippen LogP) is 3.15. The Morgan fingerprint density at radius 3 is 2.84 bits per heavy atom. The molecule has 0 bridgehead atoms. The third-order valence-corrected chi connectivity index (χ3v) is 3.92. The largest absolute Gasteiger partial charge is 0.357 e. The zero-order chi connectivity index (χ0) is 13.7. The van der Waals surface area contributed by atoms with E-state index in [0.717, 1.165) is 35.6 Å². The van der Waals surface area contributed by atoms with Crippen LogP contribution in [0, 0.1) is 5.82 Å². The number of benzene rings is 1. The Labute approximate surface area is 122 Å². The van der Waals surface area contributed by atoms with Gasteiger partial charge < -0.3 is 10.2 Å². The molecule has 0 aromatic heterocycles. The lowest BCUT2D eigenvalue weighted by atomic mass is 10.2. The van der Waals surface area contributed by atoms with E-state index in [2.05, 4.69) is 38.1 Å². The third kappa shape index (κ3) is 3.93. The average molecular weight is 328 g/mol. The molecule has 104 valence electrons. The van der Waals surface area contributed by atoms with Gasteiger partial charge in [-0.05, 0) is 43.5 Å². The first-order chi connectivity index (χ1) is 9.20. The van der Waals surface area contributed by atoms with E-state index >= 15 is 0 Å². The molecule has 1 aliphatic rings. The molecule has 2 rings (SSSR count). The SMILES string of the molecule is CCNC(=NCc1cc(F)ccc1Br)N1CCCC1. The van der Waals surface area contributed by atoms with Gasteiger partial charge in [0.1, 0.15) is 5.82 Å². The van der Waals surface area contributed by atoms with Crippen LogP contribution in [-0.2, 0) is 6.54 Å². The van der Waals surface area contributed by atoms with E-state index in [4.69, 9.17) is 0 Å². The molecule has 5 heteroatoms. The second kappa shape index (κ2) is 6.89. The van der Waals surface area contributed by atoms with Gasteiger partial charge in [0.2, 0.25) is 0 Å². The maximum absolute atomic E-state index is 13.2. The summed E-state index contributed by atoms with van der Waals surface area (Å²) in [7, 11) is 0. The molecule has 0 radical (unpaired) electrons. The highest BCUT2D eigenvalue weighted by Gasteiger charge is 2.15. The number of nitrogens with one attached hydrogen (secondary N) is 1. The molecule has 0 amide bonds. The van der Waals surface area contributed by atoms with Crippen LogP contribution in [0.15, 0.2) is 27.7 Å². The number of nitrogens with zero attached hydrogens (tertiary/aromatic N) is 2. The predicted molar refractivity (Wildman–Crippen MR) is 79.7 cm³/mol. The van der Waals surface area contributed by atoms with Crippen LogP contribution in [0.2, 0.25) is 0 Å². The van der Waals surface area contributed by atoms with Crippen LogP contribution >= 0.6 is 15.9 Å². The normalized spacial score (nSPS) is 15.9. The van der Waals surface area contributed by atoms with E-state index in [1.54, 1.807) is 6.07 Å². The molecule has 0 atom stereocenters. The van der Waals surface area contributed by atoms with Gasteiger partial charge in [-0.2, -0.15) is 0 Å². The summed E-state index contributed by atoms with van der Waals surface area (Å²) in [5.74, 6) is 0.704. The van der Waals surface area contributed by atoms with Crippen molar-refractivity contribution >= 4 is 21.9 Å². The van der Waals surface area contributed by atoms with Gasteiger partial charge in [0, 0.05) is 24.1 Å². The van der Waals surface area contributed by atoms with Crippen molar-refractivity contribution in [3.8, 4) is 0 Å². The smallest absolute Gasteiger partial charge is 0.194 e. The quantitative estimate of drug-likeness (QED) is 0.682. The molecule has 1 fully saturated rings. The molecule has 1 saturated heterocycles. The molecule has 1 aliphatic heterocycles. The number of rotatable bonds is 3. The first-order valence-corrected chi connectivity index (χ1v) is 7.47. The van der Waals surface area contributed by atoms with Gasteiger partial charge in [0.15, 0.2) is 5.96 Å². The van der Waals surface area contributed by atoms with Gasteiger partial charge in [-0.15, -0.1) is 0 Å². The number of hydrogen-bond donors (Lipinski definition) is 1. The zero-order valence-corrected chi connectivity index (χ0v) is 12.7. The van der Waals surface area contributed by atoms with E-state index in [0.29, 0.717) is 6.54 Å². The fraction of sp³-hybridized carbons (Fsp3) is 0.500. The Balaban J connectivity index is 2.10. The fourth-order valence-electron chi connectivity index (χ4n) is 2.18. The monoisotopic (exact) mass is 327 g/mol. The van der Waals surface area contributed by atoms with Gasteiger partial charge in [-0.3, -0.25) is 0 Å². The Morgan fingerprint density at radius 1 is 1.42 bits per heavy atom. The topological polar surface area (TPSA) is 27.6 Å². The van der Waals surface area contributed by atoms with Crippen molar-refractivity contribution in [3.63, 3.8) is 0 Å². The van der Waals surface area contributed by atoms with Gasteiger partial charge in [-0.25, -0.2) is 9.38 Å². The van der Waals surface area contributed by atoms with Crippen LogP contribution in [0.5, 0.6) is 0 Å². The first-order valence-electron chi connectivity index (χ1n) is 6.68. The molecule has 3 nitrogen and oxygen atoms in total. The second-order valence-corrected chi connectivity index (χ2v) is 5.45. The summed E-state index contributed by atoms with van der Waals surface area (Å²) in [6, 6.07) is 4.70. The van der Waals surface area contributed by atoms with Crippen molar-refractivity contribution in [1.82, 2.24) is 10.2 Å². The Bertz CT molecular complexity index is 456. The number of guanidine groups is 1. The Morgan fingerprint density at radius 2 is 2.16 bits per heavy atom.